The Balaban J connectivity index is 2.41. The Morgan fingerprint density at radius 1 is 0.264 bits per heavy atom. The van der Waals surface area contributed by atoms with E-state index < -0.39 is 144 Å². The Hall–Kier alpha value is -5.50. The van der Waals surface area contributed by atoms with Gasteiger partial charge < -0.3 is 0 Å². The van der Waals surface area contributed by atoms with E-state index in [0.717, 1.165) is 0 Å². The number of hydrogen-bond acceptors (Lipinski definition) is 0. The van der Waals surface area contributed by atoms with Crippen LogP contribution < -0.4 is 21.9 Å². The van der Waals surface area contributed by atoms with Gasteiger partial charge in [-0.1, -0.05) is 48.5 Å². The first-order valence-corrected chi connectivity index (χ1v) is 13.6. The summed E-state index contributed by atoms with van der Waals surface area (Å²) in [4.78, 5) is 0. The summed E-state index contributed by atoms with van der Waals surface area (Å²) in [6, 6.07) is -2.09. The van der Waals surface area contributed by atoms with Crippen LogP contribution in [0.5, 0.6) is 0 Å². The van der Waals surface area contributed by atoms with E-state index in [1.165, 1.54) is 0 Å². The summed E-state index contributed by atoms with van der Waals surface area (Å²) >= 11 is 0. The van der Waals surface area contributed by atoms with Crippen molar-refractivity contribution < 1.29 is 87.8 Å². The largest absolute Gasteiger partial charge is 0.306 e. The molecule has 21 heteroatoms. The quantitative estimate of drug-likeness (QED) is 0.123. The van der Waals surface area contributed by atoms with E-state index in [1.54, 1.807) is 0 Å². The van der Waals surface area contributed by atoms with Gasteiger partial charge in [-0.15, -0.1) is 0 Å². The highest BCUT2D eigenvalue weighted by Gasteiger charge is 2.39. The molecule has 0 nitrogen and oxygen atoms in total. The van der Waals surface area contributed by atoms with Crippen LogP contribution in [-0.4, -0.2) is 6.15 Å². The number of halogens is 20. The Morgan fingerprint density at radius 2 is 0.396 bits per heavy atom. The highest BCUT2D eigenvalue weighted by molar-refractivity contribution is 7.19. The Morgan fingerprint density at radius 3 is 0.509 bits per heavy atom. The summed E-state index contributed by atoms with van der Waals surface area (Å²) in [5, 5.41) is 0. The molecular formula is C32H8BF20-. The molecule has 0 saturated heterocycles. The fourth-order valence-corrected chi connectivity index (χ4v) is 5.74. The zero-order chi connectivity index (χ0) is 40.0. The summed E-state index contributed by atoms with van der Waals surface area (Å²) < 4.78 is 283. The predicted octanol–water partition coefficient (Wildman–Crippen LogP) is 10.3. The Bertz CT molecular complexity index is 1870. The summed E-state index contributed by atoms with van der Waals surface area (Å²) in [5.74, 6) is -31.1. The first kappa shape index (κ1) is 40.3. The van der Waals surface area contributed by atoms with Gasteiger partial charge in [0, 0.05) is 0 Å². The molecule has 0 aliphatic rings. The molecule has 0 unspecified atom stereocenters. The van der Waals surface area contributed by atoms with Crippen molar-refractivity contribution in [1.82, 2.24) is 0 Å². The molecular weight excluding hydrogens is 775 g/mol. The van der Waals surface area contributed by atoms with Crippen LogP contribution in [0.25, 0.3) is 23.3 Å². The molecule has 0 aliphatic heterocycles. The molecule has 4 aromatic rings. The average Bonchev–Trinajstić information content (AvgIpc) is 3.03. The van der Waals surface area contributed by atoms with Crippen LogP contribution >= 0.6 is 0 Å². The normalized spacial score (nSPS) is 11.4. The van der Waals surface area contributed by atoms with E-state index in [1.807, 2.05) is 0 Å². The van der Waals surface area contributed by atoms with Gasteiger partial charge in [-0.3, -0.25) is 0 Å². The molecule has 0 aliphatic carbocycles. The smallest absolute Gasteiger partial charge is 0.206 e. The van der Waals surface area contributed by atoms with Gasteiger partial charge >= 0.3 is 24.3 Å². The molecule has 0 fully saturated rings. The van der Waals surface area contributed by atoms with E-state index in [9.17, 15) is 52.7 Å². The molecule has 0 radical (unpaired) electrons. The zero-order valence-electron chi connectivity index (χ0n) is 24.8. The van der Waals surface area contributed by atoms with Gasteiger partial charge in [0.05, 0.1) is 22.3 Å². The maximum Gasteiger partial charge on any atom is 0.306 e. The fourth-order valence-electron chi connectivity index (χ4n) is 5.74. The lowest BCUT2D eigenvalue weighted by atomic mass is 9.13. The number of rotatable bonds is 8. The molecule has 0 amide bonds. The SMILES string of the molecule is FC(F)=C(F)c1c(F)cc([B-](c2cc(F)c(C(F)=C(F)F)c(F)c2)(c2cc(F)c(C(F)=C(F)F)c(F)c2)c2cc(F)c(C(F)=C(F)F)c(F)c2)cc1F. The third-order valence-electron chi connectivity index (χ3n) is 7.80. The van der Waals surface area contributed by atoms with Crippen LogP contribution in [0, 0.1) is 46.5 Å². The minimum atomic E-state index is -4.81. The minimum Gasteiger partial charge on any atom is -0.206 e. The standard InChI is InChI=1S/C32H8BF20/c34-13-1-9(2-14(35)21(13)25(42)29(46)47)33(10-3-15(36)22(16(37)4-10)26(43)30(48)49,11-5-17(38)23(18(39)6-11)27(44)31(50)51)12-7-19(40)24(20(41)8-12)28(45)32(52)53/h1-8H/q-1. The van der Waals surface area contributed by atoms with Gasteiger partial charge in [0.25, 0.3) is 0 Å². The van der Waals surface area contributed by atoms with Crippen LogP contribution in [-0.2, 0) is 0 Å². The minimum absolute atomic E-state index is 0.261. The lowest BCUT2D eigenvalue weighted by molar-refractivity contribution is 0.407. The second-order valence-electron chi connectivity index (χ2n) is 10.6. The monoisotopic (exact) mass is 783 g/mol. The lowest BCUT2D eigenvalue weighted by Gasteiger charge is -2.44. The summed E-state index contributed by atoms with van der Waals surface area (Å²) in [6.45, 7) is 0. The van der Waals surface area contributed by atoms with Crippen LogP contribution in [0.2, 0.25) is 0 Å². The van der Waals surface area contributed by atoms with Gasteiger partial charge in [0.15, 0.2) is 0 Å². The molecule has 0 saturated carbocycles. The summed E-state index contributed by atoms with van der Waals surface area (Å²) in [5.41, 5.74) is -14.9. The van der Waals surface area contributed by atoms with E-state index in [2.05, 4.69) is 0 Å². The second-order valence-corrected chi connectivity index (χ2v) is 10.6. The first-order valence-electron chi connectivity index (χ1n) is 13.6. The first-order chi connectivity index (χ1) is 24.6. The molecule has 4 aromatic carbocycles. The fraction of sp³-hybridized carbons (Fsp3) is 0. The van der Waals surface area contributed by atoms with E-state index in [-0.39, 0.29) is 48.5 Å². The van der Waals surface area contributed by atoms with Crippen molar-refractivity contribution in [2.75, 3.05) is 0 Å². The molecule has 0 spiro atoms. The molecule has 0 heterocycles. The molecule has 53 heavy (non-hydrogen) atoms. The van der Waals surface area contributed by atoms with Gasteiger partial charge in [0.1, 0.15) is 52.7 Å². The molecule has 0 N–H and O–H groups in total. The molecule has 0 bridgehead atoms. The maximum absolute atomic E-state index is 15.4. The molecule has 4 rings (SSSR count). The molecule has 0 atom stereocenters. The van der Waals surface area contributed by atoms with E-state index in [0.29, 0.717) is 0 Å². The van der Waals surface area contributed by atoms with Crippen molar-refractivity contribution in [2.24, 2.45) is 0 Å². The lowest BCUT2D eigenvalue weighted by Crippen LogP contribution is -2.75. The Labute approximate surface area is 281 Å². The van der Waals surface area contributed by atoms with Crippen LogP contribution in [0.1, 0.15) is 22.3 Å². The van der Waals surface area contributed by atoms with Gasteiger partial charge in [-0.05, 0) is 0 Å². The summed E-state index contributed by atoms with van der Waals surface area (Å²) in [6.07, 6.45) is -18.3. The van der Waals surface area contributed by atoms with E-state index >= 15 is 35.1 Å². The summed E-state index contributed by atoms with van der Waals surface area (Å²) in [7, 11) is 0. The molecule has 280 valence electrons. The van der Waals surface area contributed by atoms with Crippen LogP contribution in [0.4, 0.5) is 87.8 Å². The second kappa shape index (κ2) is 14.9. The van der Waals surface area contributed by atoms with Gasteiger partial charge in [-0.25, -0.2) is 52.7 Å². The predicted molar refractivity (Wildman–Crippen MR) is 151 cm³/mol. The number of benzene rings is 4. The van der Waals surface area contributed by atoms with E-state index in [4.69, 9.17) is 0 Å². The van der Waals surface area contributed by atoms with Crippen molar-refractivity contribution in [1.29, 1.82) is 0 Å². The van der Waals surface area contributed by atoms with Crippen molar-refractivity contribution in [3.63, 3.8) is 0 Å². The van der Waals surface area contributed by atoms with Crippen molar-refractivity contribution in [3.8, 4) is 0 Å². The van der Waals surface area contributed by atoms with Crippen molar-refractivity contribution in [2.45, 2.75) is 0 Å². The van der Waals surface area contributed by atoms with Crippen molar-refractivity contribution >= 4 is 51.3 Å². The van der Waals surface area contributed by atoms with Crippen LogP contribution in [0.15, 0.2) is 72.9 Å². The molecule has 0 aromatic heterocycles. The highest BCUT2D eigenvalue weighted by Crippen LogP contribution is 2.33. The highest BCUT2D eigenvalue weighted by atomic mass is 19.3. The third-order valence-corrected chi connectivity index (χ3v) is 7.80. The zero-order valence-corrected chi connectivity index (χ0v) is 24.8. The number of hydrogen-bond donors (Lipinski definition) is 0. The average molecular weight is 783 g/mol. The topological polar surface area (TPSA) is 0 Å². The van der Waals surface area contributed by atoms with Gasteiger partial charge in [-0.2, -0.15) is 57.0 Å². The van der Waals surface area contributed by atoms with Gasteiger partial charge in [0.2, 0.25) is 23.3 Å². The van der Waals surface area contributed by atoms with Crippen LogP contribution in [0.3, 0.4) is 0 Å². The van der Waals surface area contributed by atoms with Crippen molar-refractivity contribution in [3.05, 3.63) is 142 Å². The maximum atomic E-state index is 15.4. The third kappa shape index (κ3) is 7.03. The Kier molecular flexibility index (Phi) is 11.3.